The number of rotatable bonds is 6. The van der Waals surface area contributed by atoms with E-state index in [9.17, 15) is 14.7 Å². The van der Waals surface area contributed by atoms with Crippen LogP contribution in [0.5, 0.6) is 11.5 Å². The monoisotopic (exact) mass is 416 g/mol. The minimum atomic E-state index is -1.15. The van der Waals surface area contributed by atoms with Crippen LogP contribution in [0, 0.1) is 0 Å². The van der Waals surface area contributed by atoms with Crippen molar-refractivity contribution in [2.24, 2.45) is 0 Å². The Labute approximate surface area is 176 Å². The molecule has 4 aromatic rings. The van der Waals surface area contributed by atoms with E-state index in [2.05, 4.69) is 10.3 Å². The van der Waals surface area contributed by atoms with E-state index in [0.29, 0.717) is 16.5 Å². The van der Waals surface area contributed by atoms with Crippen LogP contribution in [0.4, 0.5) is 5.69 Å². The van der Waals surface area contributed by atoms with Gasteiger partial charge in [0.05, 0.1) is 11.3 Å². The molecule has 0 bridgehead atoms. The predicted octanol–water partition coefficient (Wildman–Crippen LogP) is 5.55. The highest BCUT2D eigenvalue weighted by atomic mass is 32.1. The number of nitrogens with zero attached hydrogens (tertiary/aromatic N) is 1. The Hall–Kier alpha value is -3.97. The summed E-state index contributed by atoms with van der Waals surface area (Å²) in [6.45, 7) is 0. The van der Waals surface area contributed by atoms with Gasteiger partial charge in [0.1, 0.15) is 22.2 Å². The van der Waals surface area contributed by atoms with Gasteiger partial charge < -0.3 is 15.2 Å². The molecular weight excluding hydrogens is 400 g/mol. The van der Waals surface area contributed by atoms with Crippen molar-refractivity contribution in [3.63, 3.8) is 0 Å². The number of benzene rings is 3. The highest BCUT2D eigenvalue weighted by molar-refractivity contribution is 7.13. The van der Waals surface area contributed by atoms with Crippen LogP contribution in [-0.4, -0.2) is 22.0 Å². The quantitative estimate of drug-likeness (QED) is 0.430. The summed E-state index contributed by atoms with van der Waals surface area (Å²) in [5, 5.41) is 14.5. The third kappa shape index (κ3) is 4.37. The molecule has 30 heavy (non-hydrogen) atoms. The number of para-hydroxylation sites is 1. The van der Waals surface area contributed by atoms with E-state index in [0.717, 1.165) is 5.56 Å². The maximum absolute atomic E-state index is 12.7. The van der Waals surface area contributed by atoms with Crippen molar-refractivity contribution < 1.29 is 19.4 Å². The Balaban J connectivity index is 1.58. The van der Waals surface area contributed by atoms with Gasteiger partial charge in [-0.2, -0.15) is 0 Å². The Kier molecular flexibility index (Phi) is 5.54. The van der Waals surface area contributed by atoms with Crippen molar-refractivity contribution in [3.05, 3.63) is 95.5 Å². The number of carbonyl (C=O) groups is 2. The molecule has 0 aliphatic heterocycles. The lowest BCUT2D eigenvalue weighted by Crippen LogP contribution is -2.15. The molecule has 7 heteroatoms. The highest BCUT2D eigenvalue weighted by Crippen LogP contribution is 2.28. The van der Waals surface area contributed by atoms with Crippen LogP contribution in [0.1, 0.15) is 20.8 Å². The van der Waals surface area contributed by atoms with Crippen molar-refractivity contribution >= 4 is 28.9 Å². The van der Waals surface area contributed by atoms with Crippen LogP contribution < -0.4 is 10.1 Å². The zero-order chi connectivity index (χ0) is 20.9. The SMILES string of the molecule is O=C(Nc1cc(Oc2ccccc2)ccc1C(=O)O)c1csc(-c2ccccc2)n1. The molecular formula is C23H16N2O4S. The Morgan fingerprint density at radius 1 is 0.900 bits per heavy atom. The zero-order valence-electron chi connectivity index (χ0n) is 15.6. The topological polar surface area (TPSA) is 88.5 Å². The highest BCUT2D eigenvalue weighted by Gasteiger charge is 2.17. The maximum atomic E-state index is 12.7. The van der Waals surface area contributed by atoms with E-state index in [4.69, 9.17) is 4.74 Å². The number of carboxylic acid groups (broad SMARTS) is 1. The van der Waals surface area contributed by atoms with Crippen LogP contribution in [0.15, 0.2) is 84.2 Å². The van der Waals surface area contributed by atoms with E-state index in [1.807, 2.05) is 48.5 Å². The molecule has 6 nitrogen and oxygen atoms in total. The summed E-state index contributed by atoms with van der Waals surface area (Å²) in [7, 11) is 0. The minimum absolute atomic E-state index is 0.0396. The summed E-state index contributed by atoms with van der Waals surface area (Å²) in [6, 6.07) is 23.0. The summed E-state index contributed by atoms with van der Waals surface area (Å²) < 4.78 is 5.75. The molecule has 0 unspecified atom stereocenters. The van der Waals surface area contributed by atoms with E-state index in [1.165, 1.54) is 23.5 Å². The van der Waals surface area contributed by atoms with Crippen molar-refractivity contribution in [2.75, 3.05) is 5.32 Å². The van der Waals surface area contributed by atoms with Gasteiger partial charge in [-0.25, -0.2) is 9.78 Å². The number of carbonyl (C=O) groups excluding carboxylic acids is 1. The Morgan fingerprint density at radius 3 is 2.30 bits per heavy atom. The molecule has 0 fully saturated rings. The van der Waals surface area contributed by atoms with Gasteiger partial charge in [-0.3, -0.25) is 4.79 Å². The number of hydrogen-bond donors (Lipinski definition) is 2. The minimum Gasteiger partial charge on any atom is -0.478 e. The molecule has 2 N–H and O–H groups in total. The van der Waals surface area contributed by atoms with Crippen molar-refractivity contribution in [1.82, 2.24) is 4.98 Å². The standard InChI is InChI=1S/C23H16N2O4S/c26-21(20-14-30-22(25-20)15-7-3-1-4-8-15)24-19-13-17(11-12-18(19)23(27)28)29-16-9-5-2-6-10-16/h1-14H,(H,24,26)(H,27,28). The van der Waals surface area contributed by atoms with Gasteiger partial charge >= 0.3 is 5.97 Å². The molecule has 1 amide bonds. The summed E-state index contributed by atoms with van der Waals surface area (Å²) in [5.74, 6) is -0.637. The summed E-state index contributed by atoms with van der Waals surface area (Å²) in [4.78, 5) is 28.7. The number of anilines is 1. The molecule has 4 rings (SSSR count). The molecule has 0 aliphatic rings. The van der Waals surface area contributed by atoms with Crippen LogP contribution in [0.25, 0.3) is 10.6 Å². The number of hydrogen-bond acceptors (Lipinski definition) is 5. The fraction of sp³-hybridized carbons (Fsp3) is 0. The van der Waals surface area contributed by atoms with E-state index >= 15 is 0 Å². The van der Waals surface area contributed by atoms with Gasteiger partial charge in [-0.1, -0.05) is 48.5 Å². The van der Waals surface area contributed by atoms with Gasteiger partial charge in [-0.15, -0.1) is 11.3 Å². The number of aromatic carboxylic acids is 1. The molecule has 148 valence electrons. The molecule has 0 radical (unpaired) electrons. The Bertz CT molecular complexity index is 1190. The van der Waals surface area contributed by atoms with E-state index < -0.39 is 11.9 Å². The van der Waals surface area contributed by atoms with Crippen molar-refractivity contribution in [2.45, 2.75) is 0 Å². The largest absolute Gasteiger partial charge is 0.478 e. The molecule has 0 spiro atoms. The molecule has 1 heterocycles. The first kappa shape index (κ1) is 19.4. The predicted molar refractivity (Wildman–Crippen MR) is 115 cm³/mol. The number of amides is 1. The number of carboxylic acids is 1. The van der Waals surface area contributed by atoms with Crippen LogP contribution in [0.3, 0.4) is 0 Å². The summed E-state index contributed by atoms with van der Waals surface area (Å²) >= 11 is 1.34. The first-order valence-corrected chi connectivity index (χ1v) is 9.90. The lowest BCUT2D eigenvalue weighted by Gasteiger charge is -2.11. The normalized spacial score (nSPS) is 10.4. The van der Waals surface area contributed by atoms with Gasteiger partial charge in [0.2, 0.25) is 0 Å². The van der Waals surface area contributed by atoms with Crippen LogP contribution in [0.2, 0.25) is 0 Å². The van der Waals surface area contributed by atoms with E-state index in [-0.39, 0.29) is 16.9 Å². The number of ether oxygens (including phenoxy) is 1. The van der Waals surface area contributed by atoms with Crippen molar-refractivity contribution in [3.8, 4) is 22.1 Å². The maximum Gasteiger partial charge on any atom is 0.337 e. The molecule has 0 saturated heterocycles. The van der Waals surface area contributed by atoms with Crippen molar-refractivity contribution in [1.29, 1.82) is 0 Å². The number of nitrogens with one attached hydrogen (secondary N) is 1. The lowest BCUT2D eigenvalue weighted by atomic mass is 10.1. The third-order valence-corrected chi connectivity index (χ3v) is 5.10. The summed E-state index contributed by atoms with van der Waals surface area (Å²) in [6.07, 6.45) is 0. The van der Waals surface area contributed by atoms with Gasteiger partial charge in [0.15, 0.2) is 0 Å². The molecule has 0 aliphatic carbocycles. The van der Waals surface area contributed by atoms with Gasteiger partial charge in [-0.05, 0) is 24.3 Å². The van der Waals surface area contributed by atoms with Gasteiger partial charge in [0, 0.05) is 17.0 Å². The molecule has 0 atom stereocenters. The fourth-order valence-electron chi connectivity index (χ4n) is 2.78. The Morgan fingerprint density at radius 2 is 1.60 bits per heavy atom. The van der Waals surface area contributed by atoms with Crippen LogP contribution >= 0.6 is 11.3 Å². The first-order valence-electron chi connectivity index (χ1n) is 9.03. The average Bonchev–Trinajstić information content (AvgIpc) is 3.26. The molecule has 1 aromatic heterocycles. The average molecular weight is 416 g/mol. The second-order valence-corrected chi connectivity index (χ2v) is 7.14. The fourth-order valence-corrected chi connectivity index (χ4v) is 3.59. The zero-order valence-corrected chi connectivity index (χ0v) is 16.4. The van der Waals surface area contributed by atoms with Crippen LogP contribution in [-0.2, 0) is 0 Å². The second kappa shape index (κ2) is 8.59. The second-order valence-electron chi connectivity index (χ2n) is 6.29. The van der Waals surface area contributed by atoms with E-state index in [1.54, 1.807) is 23.6 Å². The molecule has 0 saturated carbocycles. The van der Waals surface area contributed by atoms with Gasteiger partial charge in [0.25, 0.3) is 5.91 Å². The number of aromatic nitrogens is 1. The lowest BCUT2D eigenvalue weighted by molar-refractivity contribution is 0.0698. The smallest absolute Gasteiger partial charge is 0.337 e. The number of thiazole rings is 1. The third-order valence-electron chi connectivity index (χ3n) is 4.21. The first-order chi connectivity index (χ1) is 14.6. The molecule has 3 aromatic carbocycles. The summed E-state index contributed by atoms with van der Waals surface area (Å²) in [5.41, 5.74) is 1.22.